The van der Waals surface area contributed by atoms with Gasteiger partial charge in [0.2, 0.25) is 0 Å². The van der Waals surface area contributed by atoms with E-state index >= 15 is 0 Å². The van der Waals surface area contributed by atoms with Gasteiger partial charge in [0.1, 0.15) is 0 Å². The Balaban J connectivity index is -0.0000000253. The van der Waals surface area contributed by atoms with Gasteiger partial charge in [0.25, 0.3) is 155 Å². The second-order valence-electron chi connectivity index (χ2n) is 13.5. The summed E-state index contributed by atoms with van der Waals surface area (Å²) in [7, 11) is 0. The van der Waals surface area contributed by atoms with Crippen LogP contribution in [0.4, 0.5) is 0 Å². The summed E-state index contributed by atoms with van der Waals surface area (Å²) in [4.78, 5) is 234. The van der Waals surface area contributed by atoms with Gasteiger partial charge in [-0.3, -0.25) is 125 Å². The van der Waals surface area contributed by atoms with Gasteiger partial charge < -0.3 is 133 Å². The quantitative estimate of drug-likeness (QED) is 0.165. The Morgan fingerprint density at radius 3 is 0.0769 bits per heavy atom. The molecule has 0 atom stereocenters. The summed E-state index contributed by atoms with van der Waals surface area (Å²) in [6, 6.07) is 0. The standard InChI is InChI=1S/26C2H4O2/c26*1-2(3)4/h26*1H3,(H,3,4). The monoisotopic (exact) mass is 1560 g/mol. The van der Waals surface area contributed by atoms with Gasteiger partial charge in [-0.05, 0) is 0 Å². The average Bonchev–Trinajstić information content (AvgIpc) is 3.18. The zero-order chi connectivity index (χ0) is 93.0. The maximum absolute atomic E-state index is 9.00. The Hall–Kier alpha value is -13.8. The molecule has 0 aliphatic rings. The van der Waals surface area contributed by atoms with E-state index in [1.807, 2.05) is 0 Å². The molecule has 0 radical (unpaired) electrons. The normalized spacial score (nSPS) is 6.25. The van der Waals surface area contributed by atoms with Crippen LogP contribution in [-0.2, 0) is 125 Å². The van der Waals surface area contributed by atoms with Crippen molar-refractivity contribution >= 4 is 155 Å². The molecule has 0 aromatic heterocycles. The molecule has 0 saturated carbocycles. The van der Waals surface area contributed by atoms with E-state index in [2.05, 4.69) is 0 Å². The molecule has 0 unspecified atom stereocenters. The Kier molecular flexibility index (Phi) is 282. The first-order valence-electron chi connectivity index (χ1n) is 24.1. The number of hydrogen-bond donors (Lipinski definition) is 26. The van der Waals surface area contributed by atoms with E-state index in [9.17, 15) is 0 Å². The minimum atomic E-state index is -0.833. The molecule has 0 amide bonds. The third kappa shape index (κ3) is 3530. The van der Waals surface area contributed by atoms with Crippen molar-refractivity contribution in [2.24, 2.45) is 0 Å². The molecule has 624 valence electrons. The zero-order valence-electron chi connectivity index (χ0n) is 61.2. The van der Waals surface area contributed by atoms with E-state index in [0.29, 0.717) is 0 Å². The maximum atomic E-state index is 9.00. The van der Waals surface area contributed by atoms with Crippen molar-refractivity contribution in [3.8, 4) is 0 Å². The van der Waals surface area contributed by atoms with E-state index < -0.39 is 155 Å². The van der Waals surface area contributed by atoms with Crippen LogP contribution in [0, 0.1) is 0 Å². The first-order valence-corrected chi connectivity index (χ1v) is 24.1. The van der Waals surface area contributed by atoms with Crippen LogP contribution in [0.2, 0.25) is 0 Å². The largest absolute Gasteiger partial charge is 0.481 e. The van der Waals surface area contributed by atoms with Crippen molar-refractivity contribution in [2.45, 2.75) is 180 Å². The van der Waals surface area contributed by atoms with Crippen LogP contribution in [0.5, 0.6) is 0 Å². The molecule has 52 nitrogen and oxygen atoms in total. The molecular formula is C52H104O52. The molecule has 0 aromatic carbocycles. The Labute approximate surface area is 591 Å². The molecule has 0 saturated heterocycles. The highest BCUT2D eigenvalue weighted by Crippen LogP contribution is 1.51. The van der Waals surface area contributed by atoms with Gasteiger partial charge in [-0.2, -0.15) is 0 Å². The summed E-state index contributed by atoms with van der Waals surface area (Å²) in [6.07, 6.45) is 0. The lowest BCUT2D eigenvalue weighted by Gasteiger charge is -1.59. The maximum Gasteiger partial charge on any atom is 0.300 e. The summed E-state index contributed by atoms with van der Waals surface area (Å²) in [5.74, 6) is -21.7. The third-order valence-electron chi connectivity index (χ3n) is 0. The zero-order valence-corrected chi connectivity index (χ0v) is 61.2. The lowest BCUT2D eigenvalue weighted by Crippen LogP contribution is -1.78. The van der Waals surface area contributed by atoms with Gasteiger partial charge in [-0.1, -0.05) is 0 Å². The number of carboxylic acids is 26. The number of carboxylic acid groups (broad SMARTS) is 26. The SMILES string of the molecule is CC(=O)O.CC(=O)O.CC(=O)O.CC(=O)O.CC(=O)O.CC(=O)O.CC(=O)O.CC(=O)O.CC(=O)O.CC(=O)O.CC(=O)O.CC(=O)O.CC(=O)O.CC(=O)O.CC(=O)O.CC(=O)O.CC(=O)O.CC(=O)O.CC(=O)O.CC(=O)O.CC(=O)O.CC(=O)O.CC(=O)O.CC(=O)O.CC(=O)O.CC(=O)O. The number of aliphatic carboxylic acids is 26. The first kappa shape index (κ1) is 174. The Bertz CT molecular complexity index is 1440. The highest BCUT2D eigenvalue weighted by atomic mass is 16.4. The Morgan fingerprint density at radius 1 is 0.0769 bits per heavy atom. The van der Waals surface area contributed by atoms with E-state index in [4.69, 9.17) is 257 Å². The van der Waals surface area contributed by atoms with E-state index in [1.54, 1.807) is 0 Å². The minimum Gasteiger partial charge on any atom is -0.481 e. The number of carbonyl (C=O) groups is 26. The molecule has 52 heteroatoms. The summed E-state index contributed by atoms with van der Waals surface area (Å²) < 4.78 is 0. The fraction of sp³-hybridized carbons (Fsp3) is 0.500. The third-order valence-corrected chi connectivity index (χ3v) is 0. The van der Waals surface area contributed by atoms with Crippen molar-refractivity contribution in [2.75, 3.05) is 0 Å². The predicted octanol–water partition coefficient (Wildman–Crippen LogP) is 2.36. The van der Waals surface area contributed by atoms with Crippen LogP contribution in [0.3, 0.4) is 0 Å². The van der Waals surface area contributed by atoms with Gasteiger partial charge in [-0.15, -0.1) is 0 Å². The van der Waals surface area contributed by atoms with Crippen LogP contribution < -0.4 is 0 Å². The van der Waals surface area contributed by atoms with E-state index in [1.165, 1.54) is 0 Å². The topological polar surface area (TPSA) is 970 Å². The summed E-state index contributed by atoms with van der Waals surface area (Å²) in [5, 5.41) is 193. The fourth-order valence-corrected chi connectivity index (χ4v) is 0. The van der Waals surface area contributed by atoms with E-state index in [0.717, 1.165) is 180 Å². The second kappa shape index (κ2) is 168. The fourth-order valence-electron chi connectivity index (χ4n) is 0. The van der Waals surface area contributed by atoms with Crippen LogP contribution in [0.15, 0.2) is 0 Å². The Morgan fingerprint density at radius 2 is 0.0769 bits per heavy atom. The van der Waals surface area contributed by atoms with Gasteiger partial charge >= 0.3 is 0 Å². The summed E-state index contributed by atoms with van der Waals surface area (Å²) in [5.41, 5.74) is 0. The predicted molar refractivity (Wildman–Crippen MR) is 346 cm³/mol. The second-order valence-corrected chi connectivity index (χ2v) is 13.5. The summed E-state index contributed by atoms with van der Waals surface area (Å²) in [6.45, 7) is 28.2. The first-order chi connectivity index (χ1) is 45.0. The molecule has 0 aliphatic heterocycles. The molecule has 26 N–H and O–H groups in total. The van der Waals surface area contributed by atoms with E-state index in [-0.39, 0.29) is 0 Å². The number of rotatable bonds is 0. The van der Waals surface area contributed by atoms with Crippen LogP contribution in [0.25, 0.3) is 0 Å². The van der Waals surface area contributed by atoms with Crippen molar-refractivity contribution in [1.29, 1.82) is 0 Å². The van der Waals surface area contributed by atoms with Crippen molar-refractivity contribution in [1.82, 2.24) is 0 Å². The lowest BCUT2D eigenvalue weighted by molar-refractivity contribution is -0.135. The molecular weight excluding hydrogens is 1460 g/mol. The molecule has 0 spiro atoms. The molecule has 0 bridgehead atoms. The van der Waals surface area contributed by atoms with Gasteiger partial charge in [0.15, 0.2) is 0 Å². The van der Waals surface area contributed by atoms with Crippen LogP contribution in [-0.4, -0.2) is 288 Å². The molecule has 0 aliphatic carbocycles. The molecule has 0 rings (SSSR count). The highest BCUT2D eigenvalue weighted by Gasteiger charge is 1.74. The molecule has 0 heterocycles. The van der Waals surface area contributed by atoms with Gasteiger partial charge in [0, 0.05) is 180 Å². The smallest absolute Gasteiger partial charge is 0.300 e. The highest BCUT2D eigenvalue weighted by molar-refractivity contribution is 5.68. The van der Waals surface area contributed by atoms with Crippen molar-refractivity contribution in [3.05, 3.63) is 0 Å². The summed E-state index contributed by atoms with van der Waals surface area (Å²) >= 11 is 0. The average molecular weight is 1560 g/mol. The molecule has 0 aromatic rings. The van der Waals surface area contributed by atoms with Crippen molar-refractivity contribution in [3.63, 3.8) is 0 Å². The van der Waals surface area contributed by atoms with Crippen LogP contribution in [0.1, 0.15) is 180 Å². The van der Waals surface area contributed by atoms with Gasteiger partial charge in [0.05, 0.1) is 0 Å². The number of hydrogen-bond acceptors (Lipinski definition) is 26. The van der Waals surface area contributed by atoms with Crippen LogP contribution >= 0.6 is 0 Å². The van der Waals surface area contributed by atoms with Gasteiger partial charge in [-0.25, -0.2) is 0 Å². The van der Waals surface area contributed by atoms with Crippen molar-refractivity contribution < 1.29 is 257 Å². The lowest BCUT2D eigenvalue weighted by atomic mass is 10.9. The molecule has 0 fully saturated rings. The minimum absolute atomic E-state index is 0.833. The molecule has 104 heavy (non-hydrogen) atoms.